The third-order valence-electron chi connectivity index (χ3n) is 4.26. The van der Waals surface area contributed by atoms with Gasteiger partial charge in [0.15, 0.2) is 6.61 Å². The zero-order valence-corrected chi connectivity index (χ0v) is 17.5. The Morgan fingerprint density at radius 1 is 1.20 bits per heavy atom. The lowest BCUT2D eigenvalue weighted by Crippen LogP contribution is -2.52. The van der Waals surface area contributed by atoms with Gasteiger partial charge >= 0.3 is 6.09 Å². The van der Waals surface area contributed by atoms with Crippen LogP contribution in [0.2, 0.25) is 10.0 Å². The molecule has 1 aliphatic carbocycles. The molecule has 6 nitrogen and oxygen atoms in total. The number of carbonyl (C=O) groups is 2. The first kappa shape index (κ1) is 21.9. The van der Waals surface area contributed by atoms with Crippen molar-refractivity contribution in [3.8, 4) is 5.75 Å². The van der Waals surface area contributed by atoms with Crippen LogP contribution in [0.15, 0.2) is 54.2 Å². The van der Waals surface area contributed by atoms with Gasteiger partial charge in [0, 0.05) is 23.2 Å². The Bertz CT molecular complexity index is 999. The standard InChI is InChI=1S/C21H19Cl2FN2O4/c1-21(26-20(28)30-11-13-3-2-4-14(22)7-13)9-15(10-21)25-19(27)12-29-16-5-6-17(23)18(24)8-16/h2-9H,10-12H2,1H3,(H,25,27)(H,26,28). The number of carbonyl (C=O) groups excluding carboxylic acids is 2. The van der Waals surface area contributed by atoms with Crippen molar-refractivity contribution in [2.75, 3.05) is 6.61 Å². The molecule has 30 heavy (non-hydrogen) atoms. The van der Waals surface area contributed by atoms with E-state index < -0.39 is 23.4 Å². The largest absolute Gasteiger partial charge is 0.484 e. The topological polar surface area (TPSA) is 76.7 Å². The summed E-state index contributed by atoms with van der Waals surface area (Å²) in [7, 11) is 0. The zero-order chi connectivity index (χ0) is 21.7. The molecule has 0 bridgehead atoms. The molecule has 3 rings (SSSR count). The highest BCUT2D eigenvalue weighted by atomic mass is 35.5. The molecule has 0 aliphatic heterocycles. The Labute approximate surface area is 182 Å². The van der Waals surface area contributed by atoms with Crippen molar-refractivity contribution in [2.45, 2.75) is 25.5 Å². The number of amides is 2. The number of hydrogen-bond acceptors (Lipinski definition) is 4. The number of halogens is 3. The first-order chi connectivity index (χ1) is 14.2. The molecule has 1 unspecified atom stereocenters. The van der Waals surface area contributed by atoms with Crippen molar-refractivity contribution < 1.29 is 23.5 Å². The molecule has 0 fully saturated rings. The molecular weight excluding hydrogens is 434 g/mol. The van der Waals surface area contributed by atoms with Gasteiger partial charge in [-0.1, -0.05) is 35.3 Å². The SMILES string of the molecule is CC1(NC(=O)OCc2cccc(Cl)c2)C=C(NC(=O)COc2ccc(Cl)c(F)c2)C1. The minimum Gasteiger partial charge on any atom is -0.484 e. The predicted molar refractivity (Wildman–Crippen MR) is 111 cm³/mol. The van der Waals surface area contributed by atoms with Crippen LogP contribution in [-0.4, -0.2) is 24.1 Å². The summed E-state index contributed by atoms with van der Waals surface area (Å²) >= 11 is 11.5. The van der Waals surface area contributed by atoms with Gasteiger partial charge in [0.25, 0.3) is 5.91 Å². The monoisotopic (exact) mass is 452 g/mol. The van der Waals surface area contributed by atoms with Crippen LogP contribution in [0.5, 0.6) is 5.75 Å². The van der Waals surface area contributed by atoms with Crippen LogP contribution in [0.4, 0.5) is 9.18 Å². The van der Waals surface area contributed by atoms with E-state index in [2.05, 4.69) is 10.6 Å². The molecule has 0 saturated carbocycles. The molecule has 2 aromatic carbocycles. The summed E-state index contributed by atoms with van der Waals surface area (Å²) in [6.07, 6.45) is 1.56. The van der Waals surface area contributed by atoms with E-state index in [0.717, 1.165) is 11.6 Å². The van der Waals surface area contributed by atoms with E-state index in [0.29, 0.717) is 17.1 Å². The summed E-state index contributed by atoms with van der Waals surface area (Å²) < 4.78 is 23.8. The molecule has 2 amide bonds. The normalized spacial score (nSPS) is 17.4. The lowest BCUT2D eigenvalue weighted by molar-refractivity contribution is -0.122. The van der Waals surface area contributed by atoms with Gasteiger partial charge in [0.1, 0.15) is 18.2 Å². The summed E-state index contributed by atoms with van der Waals surface area (Å²) in [5, 5.41) is 5.96. The van der Waals surface area contributed by atoms with Gasteiger partial charge in [-0.2, -0.15) is 0 Å². The number of benzene rings is 2. The van der Waals surface area contributed by atoms with Crippen LogP contribution < -0.4 is 15.4 Å². The number of nitrogens with one attached hydrogen (secondary N) is 2. The Morgan fingerprint density at radius 3 is 2.67 bits per heavy atom. The fourth-order valence-corrected chi connectivity index (χ4v) is 3.22. The molecule has 0 radical (unpaired) electrons. The average molecular weight is 453 g/mol. The Kier molecular flexibility index (Phi) is 6.84. The zero-order valence-electron chi connectivity index (χ0n) is 16.0. The molecule has 0 spiro atoms. The Balaban J connectivity index is 1.41. The van der Waals surface area contributed by atoms with E-state index in [1.54, 1.807) is 37.3 Å². The van der Waals surface area contributed by atoms with Gasteiger partial charge in [0.2, 0.25) is 0 Å². The number of rotatable bonds is 7. The van der Waals surface area contributed by atoms with Crippen molar-refractivity contribution in [1.82, 2.24) is 10.6 Å². The molecule has 0 aromatic heterocycles. The van der Waals surface area contributed by atoms with Crippen molar-refractivity contribution in [2.24, 2.45) is 0 Å². The van der Waals surface area contributed by atoms with Crippen LogP contribution in [-0.2, 0) is 16.1 Å². The van der Waals surface area contributed by atoms with E-state index in [1.807, 2.05) is 0 Å². The van der Waals surface area contributed by atoms with Gasteiger partial charge in [-0.05, 0) is 42.8 Å². The summed E-state index contributed by atoms with van der Waals surface area (Å²) in [5.74, 6) is -0.828. The minimum atomic E-state index is -0.631. The smallest absolute Gasteiger partial charge is 0.408 e. The van der Waals surface area contributed by atoms with Crippen molar-refractivity contribution in [3.05, 3.63) is 75.7 Å². The summed E-state index contributed by atoms with van der Waals surface area (Å²) in [5.41, 5.74) is 0.790. The molecule has 1 atom stereocenters. The highest BCUT2D eigenvalue weighted by molar-refractivity contribution is 6.31. The molecular formula is C21H19Cl2FN2O4. The maximum absolute atomic E-state index is 13.4. The lowest BCUT2D eigenvalue weighted by atomic mass is 9.84. The minimum absolute atomic E-state index is 0.0238. The first-order valence-electron chi connectivity index (χ1n) is 9.01. The fraction of sp³-hybridized carbons (Fsp3) is 0.238. The molecule has 0 heterocycles. The van der Waals surface area contributed by atoms with E-state index in [-0.39, 0.29) is 24.0 Å². The van der Waals surface area contributed by atoms with Crippen molar-refractivity contribution in [1.29, 1.82) is 0 Å². The fourth-order valence-electron chi connectivity index (χ4n) is 2.89. The summed E-state index contributed by atoms with van der Waals surface area (Å²) in [6.45, 7) is 1.61. The molecule has 2 aromatic rings. The quantitative estimate of drug-likeness (QED) is 0.643. The highest BCUT2D eigenvalue weighted by Crippen LogP contribution is 2.28. The third-order valence-corrected chi connectivity index (χ3v) is 4.80. The van der Waals surface area contributed by atoms with Crippen LogP contribution in [0.1, 0.15) is 18.9 Å². The summed E-state index contributed by atoms with van der Waals surface area (Å²) in [4.78, 5) is 24.0. The second-order valence-corrected chi connectivity index (χ2v) is 7.85. The highest BCUT2D eigenvalue weighted by Gasteiger charge is 2.35. The second kappa shape index (κ2) is 9.36. The lowest BCUT2D eigenvalue weighted by Gasteiger charge is -2.36. The maximum atomic E-state index is 13.4. The number of hydrogen-bond donors (Lipinski definition) is 2. The van der Waals surface area contributed by atoms with Gasteiger partial charge in [-0.25, -0.2) is 9.18 Å². The molecule has 2 N–H and O–H groups in total. The van der Waals surface area contributed by atoms with Crippen LogP contribution >= 0.6 is 23.2 Å². The molecule has 158 valence electrons. The van der Waals surface area contributed by atoms with Crippen LogP contribution in [0, 0.1) is 5.82 Å². The van der Waals surface area contributed by atoms with Crippen LogP contribution in [0.25, 0.3) is 0 Å². The van der Waals surface area contributed by atoms with Gasteiger partial charge in [-0.15, -0.1) is 0 Å². The summed E-state index contributed by atoms with van der Waals surface area (Å²) in [6, 6.07) is 11.0. The molecule has 1 aliphatic rings. The van der Waals surface area contributed by atoms with E-state index >= 15 is 0 Å². The van der Waals surface area contributed by atoms with Crippen LogP contribution in [0.3, 0.4) is 0 Å². The average Bonchev–Trinajstić information content (AvgIpc) is 2.66. The Hall–Kier alpha value is -2.77. The number of alkyl carbamates (subject to hydrolysis) is 1. The van der Waals surface area contributed by atoms with Gasteiger partial charge in [0.05, 0.1) is 10.6 Å². The Morgan fingerprint density at radius 2 is 1.97 bits per heavy atom. The van der Waals surface area contributed by atoms with Gasteiger partial charge < -0.3 is 20.1 Å². The number of ether oxygens (including phenoxy) is 2. The molecule has 0 saturated heterocycles. The second-order valence-electron chi connectivity index (χ2n) is 7.01. The molecule has 9 heteroatoms. The maximum Gasteiger partial charge on any atom is 0.408 e. The van der Waals surface area contributed by atoms with Crippen molar-refractivity contribution in [3.63, 3.8) is 0 Å². The first-order valence-corrected chi connectivity index (χ1v) is 9.77. The predicted octanol–water partition coefficient (Wildman–Crippen LogP) is 4.60. The van der Waals surface area contributed by atoms with E-state index in [9.17, 15) is 14.0 Å². The van der Waals surface area contributed by atoms with E-state index in [4.69, 9.17) is 32.7 Å². The van der Waals surface area contributed by atoms with E-state index in [1.165, 1.54) is 12.1 Å². The third kappa shape index (κ3) is 6.11. The van der Waals surface area contributed by atoms with Gasteiger partial charge in [-0.3, -0.25) is 4.79 Å². The van der Waals surface area contributed by atoms with Crippen molar-refractivity contribution >= 4 is 35.2 Å².